The van der Waals surface area contributed by atoms with Crippen LogP contribution in [-0.2, 0) is 15.7 Å². The summed E-state index contributed by atoms with van der Waals surface area (Å²) in [6.45, 7) is 2.58. The Hall–Kier alpha value is -1.90. The van der Waals surface area contributed by atoms with Gasteiger partial charge in [-0.25, -0.2) is 9.97 Å². The minimum atomic E-state index is -4.49. The highest BCUT2D eigenvalue weighted by Crippen LogP contribution is 2.40. The van der Waals surface area contributed by atoms with Crippen molar-refractivity contribution >= 4 is 11.7 Å². The third kappa shape index (κ3) is 3.81. The molecule has 3 fully saturated rings. The zero-order valence-electron chi connectivity index (χ0n) is 15.7. The number of nitrogens with zero attached hydrogens (tertiary/aromatic N) is 4. The lowest BCUT2D eigenvalue weighted by molar-refractivity contribution is -0.141. The first kappa shape index (κ1) is 19.4. The second kappa shape index (κ2) is 7.50. The fourth-order valence-corrected chi connectivity index (χ4v) is 4.76. The van der Waals surface area contributed by atoms with Gasteiger partial charge in [-0.2, -0.15) is 13.2 Å². The van der Waals surface area contributed by atoms with Crippen LogP contribution in [0.15, 0.2) is 12.4 Å². The summed E-state index contributed by atoms with van der Waals surface area (Å²) in [4.78, 5) is 23.9. The van der Waals surface area contributed by atoms with Gasteiger partial charge < -0.3 is 14.5 Å². The van der Waals surface area contributed by atoms with Crippen LogP contribution in [0.2, 0.25) is 0 Å². The monoisotopic (exact) mass is 398 g/mol. The summed E-state index contributed by atoms with van der Waals surface area (Å²) in [5.74, 6) is 0.472. The molecule has 3 aliphatic rings. The molecule has 4 rings (SSSR count). The molecular formula is C19H25F3N4O2. The molecule has 9 heteroatoms. The topological polar surface area (TPSA) is 58.6 Å². The first-order valence-corrected chi connectivity index (χ1v) is 9.94. The number of aromatic nitrogens is 2. The number of ether oxygens (including phenoxy) is 1. The van der Waals surface area contributed by atoms with Gasteiger partial charge in [-0.15, -0.1) is 0 Å². The minimum Gasteiger partial charge on any atom is -0.376 e. The van der Waals surface area contributed by atoms with E-state index in [1.807, 2.05) is 9.80 Å². The summed E-state index contributed by atoms with van der Waals surface area (Å²) >= 11 is 0. The molecule has 0 radical (unpaired) electrons. The summed E-state index contributed by atoms with van der Waals surface area (Å²) in [6, 6.07) is 1.02. The zero-order chi connectivity index (χ0) is 19.8. The van der Waals surface area contributed by atoms with Crippen LogP contribution in [0.3, 0.4) is 0 Å². The summed E-state index contributed by atoms with van der Waals surface area (Å²) in [6.07, 6.45) is 2.35. The highest BCUT2D eigenvalue weighted by molar-refractivity contribution is 5.79. The molecule has 0 N–H and O–H groups in total. The fraction of sp³-hybridized carbons (Fsp3) is 0.737. The molecule has 3 aliphatic heterocycles. The average Bonchev–Trinajstić information content (AvgIpc) is 3.21. The van der Waals surface area contributed by atoms with Gasteiger partial charge in [0, 0.05) is 44.3 Å². The maximum Gasteiger partial charge on any atom is 0.433 e. The van der Waals surface area contributed by atoms with Gasteiger partial charge in [0.25, 0.3) is 0 Å². The number of alkyl halides is 3. The van der Waals surface area contributed by atoms with E-state index in [1.54, 1.807) is 0 Å². The standard InChI is InChI=1S/C19H25F3N4O2/c20-19(21,22)15-11-16(24-13-23-15)25-8-2-5-18(7-9-25)6-4-17(27)26(18)12-14-3-1-10-28-14/h11,13-14H,1-10,12H2. The normalized spacial score (nSPS) is 29.0. The lowest BCUT2D eigenvalue weighted by atomic mass is 9.87. The van der Waals surface area contributed by atoms with E-state index in [0.717, 1.165) is 57.5 Å². The van der Waals surface area contributed by atoms with Crippen LogP contribution in [0.1, 0.15) is 50.6 Å². The number of amides is 1. The molecule has 1 aromatic rings. The van der Waals surface area contributed by atoms with Gasteiger partial charge in [0.05, 0.1) is 6.10 Å². The molecule has 1 amide bonds. The fourth-order valence-electron chi connectivity index (χ4n) is 4.76. The molecule has 2 unspecified atom stereocenters. The van der Waals surface area contributed by atoms with E-state index in [9.17, 15) is 18.0 Å². The lowest BCUT2D eigenvalue weighted by Crippen LogP contribution is -2.49. The van der Waals surface area contributed by atoms with Crippen LogP contribution in [0.4, 0.5) is 19.0 Å². The SMILES string of the molecule is O=C1CCC2(CCCN(c3cc(C(F)(F)F)ncn3)CC2)N1CC1CCCO1. The Labute approximate surface area is 162 Å². The number of rotatable bonds is 3. The van der Waals surface area contributed by atoms with Gasteiger partial charge in [0.2, 0.25) is 5.91 Å². The van der Waals surface area contributed by atoms with E-state index >= 15 is 0 Å². The Kier molecular flexibility index (Phi) is 5.20. The second-order valence-electron chi connectivity index (χ2n) is 7.96. The molecule has 0 saturated carbocycles. The van der Waals surface area contributed by atoms with E-state index in [0.29, 0.717) is 31.9 Å². The van der Waals surface area contributed by atoms with Crippen molar-refractivity contribution in [2.45, 2.75) is 62.8 Å². The van der Waals surface area contributed by atoms with Crippen LogP contribution < -0.4 is 4.90 Å². The van der Waals surface area contributed by atoms with Crippen molar-refractivity contribution in [2.75, 3.05) is 31.1 Å². The van der Waals surface area contributed by atoms with Crippen LogP contribution in [0, 0.1) is 0 Å². The van der Waals surface area contributed by atoms with Gasteiger partial charge in [-0.05, 0) is 38.5 Å². The summed E-state index contributed by atoms with van der Waals surface area (Å²) in [5.41, 5.74) is -1.13. The quantitative estimate of drug-likeness (QED) is 0.783. The highest BCUT2D eigenvalue weighted by Gasteiger charge is 2.46. The van der Waals surface area contributed by atoms with Gasteiger partial charge in [0.1, 0.15) is 17.8 Å². The summed E-state index contributed by atoms with van der Waals surface area (Å²) < 4.78 is 44.7. The Morgan fingerprint density at radius 2 is 2.04 bits per heavy atom. The molecule has 2 atom stereocenters. The Morgan fingerprint density at radius 3 is 2.79 bits per heavy atom. The number of hydrogen-bond acceptors (Lipinski definition) is 5. The largest absolute Gasteiger partial charge is 0.433 e. The molecule has 154 valence electrons. The Balaban J connectivity index is 1.49. The third-order valence-corrected chi connectivity index (χ3v) is 6.27. The molecule has 4 heterocycles. The molecule has 0 bridgehead atoms. The predicted molar refractivity (Wildman–Crippen MR) is 95.8 cm³/mol. The van der Waals surface area contributed by atoms with Crippen molar-refractivity contribution in [3.05, 3.63) is 18.1 Å². The number of likely N-dealkylation sites (tertiary alicyclic amines) is 1. The van der Waals surface area contributed by atoms with E-state index in [-0.39, 0.29) is 17.6 Å². The van der Waals surface area contributed by atoms with Crippen molar-refractivity contribution in [3.8, 4) is 0 Å². The van der Waals surface area contributed by atoms with Crippen molar-refractivity contribution in [3.63, 3.8) is 0 Å². The van der Waals surface area contributed by atoms with Crippen LogP contribution in [0.5, 0.6) is 0 Å². The number of hydrogen-bond donors (Lipinski definition) is 0. The molecule has 6 nitrogen and oxygen atoms in total. The molecule has 0 aromatic carbocycles. The van der Waals surface area contributed by atoms with Crippen LogP contribution in [-0.4, -0.2) is 58.7 Å². The number of anilines is 1. The van der Waals surface area contributed by atoms with Gasteiger partial charge in [-0.3, -0.25) is 4.79 Å². The number of carbonyl (C=O) groups excluding carboxylic acids is 1. The molecule has 1 spiro atoms. The molecular weight excluding hydrogens is 373 g/mol. The number of halogens is 3. The van der Waals surface area contributed by atoms with E-state index in [4.69, 9.17) is 4.74 Å². The summed E-state index contributed by atoms with van der Waals surface area (Å²) in [7, 11) is 0. The van der Waals surface area contributed by atoms with Gasteiger partial charge in [-0.1, -0.05) is 0 Å². The van der Waals surface area contributed by atoms with Crippen molar-refractivity contribution in [1.29, 1.82) is 0 Å². The molecule has 1 aromatic heterocycles. The highest BCUT2D eigenvalue weighted by atomic mass is 19.4. The smallest absolute Gasteiger partial charge is 0.376 e. The first-order chi connectivity index (χ1) is 13.4. The third-order valence-electron chi connectivity index (χ3n) is 6.27. The van der Waals surface area contributed by atoms with Gasteiger partial charge in [0.15, 0.2) is 0 Å². The van der Waals surface area contributed by atoms with Crippen molar-refractivity contribution < 1.29 is 22.7 Å². The zero-order valence-corrected chi connectivity index (χ0v) is 15.7. The Morgan fingerprint density at radius 1 is 1.18 bits per heavy atom. The molecule has 0 aliphatic carbocycles. The Bertz CT molecular complexity index is 723. The average molecular weight is 398 g/mol. The van der Waals surface area contributed by atoms with Crippen molar-refractivity contribution in [2.24, 2.45) is 0 Å². The maximum atomic E-state index is 13.0. The lowest BCUT2D eigenvalue weighted by Gasteiger charge is -2.39. The van der Waals surface area contributed by atoms with Crippen LogP contribution in [0.25, 0.3) is 0 Å². The second-order valence-corrected chi connectivity index (χ2v) is 7.96. The first-order valence-electron chi connectivity index (χ1n) is 9.94. The maximum absolute atomic E-state index is 13.0. The van der Waals surface area contributed by atoms with Crippen LogP contribution >= 0.6 is 0 Å². The van der Waals surface area contributed by atoms with Crippen molar-refractivity contribution in [1.82, 2.24) is 14.9 Å². The minimum absolute atomic E-state index is 0.106. The van der Waals surface area contributed by atoms with Gasteiger partial charge >= 0.3 is 6.18 Å². The van der Waals surface area contributed by atoms with E-state index < -0.39 is 11.9 Å². The molecule has 28 heavy (non-hydrogen) atoms. The van der Waals surface area contributed by atoms with E-state index in [2.05, 4.69) is 9.97 Å². The molecule has 3 saturated heterocycles. The van der Waals surface area contributed by atoms with E-state index in [1.165, 1.54) is 0 Å². The number of carbonyl (C=O) groups is 1. The predicted octanol–water partition coefficient (Wildman–Crippen LogP) is 3.03. The summed E-state index contributed by atoms with van der Waals surface area (Å²) in [5, 5.41) is 0.